The normalized spacial score (nSPS) is 18.3. The molecule has 3 aromatic carbocycles. The van der Waals surface area contributed by atoms with E-state index in [1.807, 2.05) is 6.07 Å². The Balaban J connectivity index is 1.72. The first kappa shape index (κ1) is 21.4. The molecule has 1 atom stereocenters. The Kier molecular flexibility index (Phi) is 5.33. The third-order valence-electron chi connectivity index (χ3n) is 5.86. The number of hydrogen-bond acceptors (Lipinski definition) is 7. The number of rotatable bonds is 5. The number of carbonyl (C=O) groups is 2. The number of anilines is 1. The van der Waals surface area contributed by atoms with Crippen LogP contribution in [0.1, 0.15) is 17.2 Å². The number of carbonyl (C=O) groups excluding carboxylic acids is 2. The quantitative estimate of drug-likeness (QED) is 0.349. The van der Waals surface area contributed by atoms with E-state index >= 15 is 0 Å². The van der Waals surface area contributed by atoms with Crippen LogP contribution < -0.4 is 23.8 Å². The summed E-state index contributed by atoms with van der Waals surface area (Å²) in [6.45, 7) is 0.0787. The van der Waals surface area contributed by atoms with Gasteiger partial charge in [-0.15, -0.1) is 0 Å². The number of ether oxygens (including phenoxy) is 4. The molecule has 0 aromatic heterocycles. The SMILES string of the molecule is COc1ccc(OC)c(/C(O)=C2\C(=O)C(=O)N(c3ccc4c(c3)OCO4)C2c2ccccc2)c1. The molecule has 2 heterocycles. The lowest BCUT2D eigenvalue weighted by Crippen LogP contribution is -2.29. The van der Waals surface area contributed by atoms with Crippen LogP contribution in [0.4, 0.5) is 5.69 Å². The van der Waals surface area contributed by atoms with E-state index in [2.05, 4.69) is 0 Å². The zero-order valence-corrected chi connectivity index (χ0v) is 18.5. The van der Waals surface area contributed by atoms with Gasteiger partial charge in [0.05, 0.1) is 31.4 Å². The lowest BCUT2D eigenvalue weighted by Gasteiger charge is -2.25. The van der Waals surface area contributed by atoms with Crippen molar-refractivity contribution < 1.29 is 33.6 Å². The lowest BCUT2D eigenvalue weighted by molar-refractivity contribution is -0.132. The first-order valence-electron chi connectivity index (χ1n) is 10.5. The van der Waals surface area contributed by atoms with E-state index in [4.69, 9.17) is 18.9 Å². The molecule has 0 spiro atoms. The maximum absolute atomic E-state index is 13.3. The molecule has 1 saturated heterocycles. The Labute approximate surface area is 195 Å². The molecule has 2 aliphatic heterocycles. The predicted molar refractivity (Wildman–Crippen MR) is 123 cm³/mol. The fraction of sp³-hybridized carbons (Fsp3) is 0.154. The van der Waals surface area contributed by atoms with Crippen LogP contribution in [-0.4, -0.2) is 37.8 Å². The van der Waals surface area contributed by atoms with E-state index in [1.165, 1.54) is 19.1 Å². The fourth-order valence-corrected chi connectivity index (χ4v) is 4.23. The highest BCUT2D eigenvalue weighted by molar-refractivity contribution is 6.51. The van der Waals surface area contributed by atoms with E-state index in [1.54, 1.807) is 60.7 Å². The van der Waals surface area contributed by atoms with E-state index in [-0.39, 0.29) is 23.7 Å². The second kappa shape index (κ2) is 8.47. The van der Waals surface area contributed by atoms with Gasteiger partial charge in [0.1, 0.15) is 17.3 Å². The molecule has 8 nitrogen and oxygen atoms in total. The number of aliphatic hydroxyl groups excluding tert-OH is 1. The maximum Gasteiger partial charge on any atom is 0.300 e. The van der Waals surface area contributed by atoms with Crippen molar-refractivity contribution in [1.82, 2.24) is 0 Å². The summed E-state index contributed by atoms with van der Waals surface area (Å²) in [4.78, 5) is 28.0. The van der Waals surface area contributed by atoms with Crippen LogP contribution in [0.5, 0.6) is 23.0 Å². The van der Waals surface area contributed by atoms with Crippen LogP contribution >= 0.6 is 0 Å². The number of hydrogen-bond donors (Lipinski definition) is 1. The molecule has 1 unspecified atom stereocenters. The fourth-order valence-electron chi connectivity index (χ4n) is 4.23. The molecule has 1 N–H and O–H groups in total. The second-order valence-electron chi connectivity index (χ2n) is 7.68. The molecule has 1 amide bonds. The van der Waals surface area contributed by atoms with Crippen molar-refractivity contribution in [1.29, 1.82) is 0 Å². The Morgan fingerprint density at radius 1 is 0.941 bits per heavy atom. The van der Waals surface area contributed by atoms with E-state index in [0.29, 0.717) is 34.2 Å². The summed E-state index contributed by atoms with van der Waals surface area (Å²) < 4.78 is 21.5. The van der Waals surface area contributed by atoms with Crippen molar-refractivity contribution in [3.05, 3.63) is 83.4 Å². The van der Waals surface area contributed by atoms with Crippen LogP contribution in [0.15, 0.2) is 72.3 Å². The van der Waals surface area contributed by atoms with Crippen LogP contribution in [-0.2, 0) is 9.59 Å². The highest BCUT2D eigenvalue weighted by Gasteiger charge is 2.47. The summed E-state index contributed by atoms with van der Waals surface area (Å²) in [7, 11) is 2.95. The number of amides is 1. The zero-order valence-electron chi connectivity index (χ0n) is 18.5. The van der Waals surface area contributed by atoms with Crippen LogP contribution in [0.25, 0.3) is 5.76 Å². The summed E-state index contributed by atoms with van der Waals surface area (Å²) in [6.07, 6.45) is 0. The van der Waals surface area contributed by atoms with Crippen LogP contribution in [0, 0.1) is 0 Å². The van der Waals surface area contributed by atoms with Gasteiger partial charge in [0.2, 0.25) is 6.79 Å². The van der Waals surface area contributed by atoms with Crippen molar-refractivity contribution in [3.8, 4) is 23.0 Å². The van der Waals surface area contributed by atoms with E-state index in [0.717, 1.165) is 0 Å². The Morgan fingerprint density at radius 2 is 1.71 bits per heavy atom. The summed E-state index contributed by atoms with van der Waals surface area (Å²) in [5.41, 5.74) is 1.28. The van der Waals surface area contributed by atoms with Crippen LogP contribution in [0.3, 0.4) is 0 Å². The summed E-state index contributed by atoms with van der Waals surface area (Å²) >= 11 is 0. The number of Topliss-reactive ketones (excluding diaryl/α,β-unsaturated/α-hetero) is 1. The van der Waals surface area contributed by atoms with Gasteiger partial charge in [0.15, 0.2) is 11.5 Å². The minimum atomic E-state index is -0.877. The topological polar surface area (TPSA) is 94.5 Å². The second-order valence-corrected chi connectivity index (χ2v) is 7.68. The Morgan fingerprint density at radius 3 is 2.44 bits per heavy atom. The average Bonchev–Trinajstić information content (AvgIpc) is 3.45. The Hall–Kier alpha value is -4.46. The highest BCUT2D eigenvalue weighted by atomic mass is 16.7. The molecule has 0 bridgehead atoms. The maximum atomic E-state index is 13.3. The molecule has 172 valence electrons. The molecule has 3 aromatic rings. The summed E-state index contributed by atoms with van der Waals surface area (Å²) in [5.74, 6) is -0.113. The predicted octanol–water partition coefficient (Wildman–Crippen LogP) is 4.06. The van der Waals surface area contributed by atoms with Crippen molar-refractivity contribution >= 4 is 23.1 Å². The first-order valence-corrected chi connectivity index (χ1v) is 10.5. The molecular formula is C26H21NO7. The number of fused-ring (bicyclic) bond motifs is 1. The first-order chi connectivity index (χ1) is 16.5. The van der Waals surface area contributed by atoms with Gasteiger partial charge in [0, 0.05) is 11.8 Å². The minimum absolute atomic E-state index is 0.0552. The van der Waals surface area contributed by atoms with Gasteiger partial charge in [-0.05, 0) is 35.9 Å². The smallest absolute Gasteiger partial charge is 0.300 e. The molecule has 0 aliphatic carbocycles. The summed E-state index contributed by atoms with van der Waals surface area (Å²) in [6, 6.07) is 18.0. The molecule has 5 rings (SSSR count). The molecule has 1 fully saturated rings. The van der Waals surface area contributed by atoms with Gasteiger partial charge < -0.3 is 24.1 Å². The van der Waals surface area contributed by atoms with Crippen molar-refractivity contribution in [3.63, 3.8) is 0 Å². The number of methoxy groups -OCH3 is 2. The number of nitrogens with zero attached hydrogens (tertiary/aromatic N) is 1. The van der Waals surface area contributed by atoms with Crippen molar-refractivity contribution in [2.45, 2.75) is 6.04 Å². The van der Waals surface area contributed by atoms with E-state index in [9.17, 15) is 14.7 Å². The molecule has 34 heavy (non-hydrogen) atoms. The molecular weight excluding hydrogens is 438 g/mol. The third-order valence-corrected chi connectivity index (χ3v) is 5.86. The van der Waals surface area contributed by atoms with Gasteiger partial charge in [-0.2, -0.15) is 0 Å². The van der Waals surface area contributed by atoms with Gasteiger partial charge >= 0.3 is 0 Å². The van der Waals surface area contributed by atoms with Crippen molar-refractivity contribution in [2.75, 3.05) is 25.9 Å². The lowest BCUT2D eigenvalue weighted by atomic mass is 9.94. The number of aliphatic hydroxyl groups is 1. The Bertz CT molecular complexity index is 1320. The van der Waals surface area contributed by atoms with Crippen LogP contribution in [0.2, 0.25) is 0 Å². The number of ketones is 1. The van der Waals surface area contributed by atoms with Gasteiger partial charge in [-0.3, -0.25) is 14.5 Å². The standard InChI is InChI=1S/C26H21NO7/c1-31-17-9-11-19(32-2)18(13-17)24(28)22-23(15-6-4-3-5-7-15)27(26(30)25(22)29)16-8-10-20-21(12-16)34-14-33-20/h3-13,23,28H,14H2,1-2H3/b24-22+. The molecule has 0 saturated carbocycles. The van der Waals surface area contributed by atoms with Crippen molar-refractivity contribution in [2.24, 2.45) is 0 Å². The highest BCUT2D eigenvalue weighted by Crippen LogP contribution is 2.45. The molecule has 2 aliphatic rings. The minimum Gasteiger partial charge on any atom is -0.507 e. The molecule has 8 heteroatoms. The largest absolute Gasteiger partial charge is 0.507 e. The van der Waals surface area contributed by atoms with Gasteiger partial charge in [-0.1, -0.05) is 30.3 Å². The van der Waals surface area contributed by atoms with Gasteiger partial charge in [0.25, 0.3) is 11.7 Å². The monoisotopic (exact) mass is 459 g/mol. The number of benzene rings is 3. The van der Waals surface area contributed by atoms with Gasteiger partial charge in [-0.25, -0.2) is 0 Å². The molecule has 0 radical (unpaired) electrons. The third kappa shape index (κ3) is 3.40. The average molecular weight is 459 g/mol. The van der Waals surface area contributed by atoms with E-state index < -0.39 is 17.7 Å². The summed E-state index contributed by atoms with van der Waals surface area (Å²) in [5, 5.41) is 11.4. The zero-order chi connectivity index (χ0) is 23.8.